The van der Waals surface area contributed by atoms with Crippen molar-refractivity contribution in [3.8, 4) is 0 Å². The number of hydrogen-bond donors (Lipinski definition) is 1. The van der Waals surface area contributed by atoms with E-state index in [4.69, 9.17) is 5.73 Å². The molecule has 2 rings (SSSR count). The van der Waals surface area contributed by atoms with Crippen molar-refractivity contribution in [1.82, 2.24) is 4.90 Å². The Morgan fingerprint density at radius 3 is 2.77 bits per heavy atom. The number of rotatable bonds is 0. The van der Waals surface area contributed by atoms with Crippen molar-refractivity contribution in [2.24, 2.45) is 17.6 Å². The molecule has 0 spiro atoms. The fraction of sp³-hybridized carbons (Fsp3) is 1.00. The lowest BCUT2D eigenvalue weighted by Crippen LogP contribution is -2.52. The molecule has 1 saturated carbocycles. The zero-order chi connectivity index (χ0) is 9.64. The van der Waals surface area contributed by atoms with E-state index in [0.29, 0.717) is 12.3 Å². The Balaban J connectivity index is 2.13. The highest BCUT2D eigenvalue weighted by atomic mass is 19.3. The van der Waals surface area contributed by atoms with Gasteiger partial charge in [0, 0.05) is 19.5 Å². The summed E-state index contributed by atoms with van der Waals surface area (Å²) in [5.74, 6) is -2.22. The summed E-state index contributed by atoms with van der Waals surface area (Å²) in [6.07, 6.45) is 0.610. The summed E-state index contributed by atoms with van der Waals surface area (Å²) in [5, 5.41) is 0. The van der Waals surface area contributed by atoms with E-state index in [0.717, 1.165) is 13.1 Å². The number of likely N-dealkylation sites (tertiary alicyclic amines) is 1. The third-order valence-electron chi connectivity index (χ3n) is 3.47. The first kappa shape index (κ1) is 9.34. The Morgan fingerprint density at radius 1 is 1.38 bits per heavy atom. The van der Waals surface area contributed by atoms with E-state index >= 15 is 0 Å². The van der Waals surface area contributed by atoms with Crippen LogP contribution in [0.4, 0.5) is 8.78 Å². The van der Waals surface area contributed by atoms with Gasteiger partial charge in [-0.05, 0) is 25.3 Å². The van der Waals surface area contributed by atoms with Crippen molar-refractivity contribution in [1.29, 1.82) is 0 Å². The van der Waals surface area contributed by atoms with Gasteiger partial charge in [-0.2, -0.15) is 0 Å². The Labute approximate surface area is 77.1 Å². The molecule has 0 bridgehead atoms. The molecule has 13 heavy (non-hydrogen) atoms. The summed E-state index contributed by atoms with van der Waals surface area (Å²) >= 11 is 0. The summed E-state index contributed by atoms with van der Waals surface area (Å²) in [6, 6.07) is -0.920. The fourth-order valence-corrected chi connectivity index (χ4v) is 2.69. The largest absolute Gasteiger partial charge is 0.322 e. The lowest BCUT2D eigenvalue weighted by atomic mass is 9.76. The predicted molar refractivity (Wildman–Crippen MR) is 46.6 cm³/mol. The van der Waals surface area contributed by atoms with Crippen LogP contribution in [0.3, 0.4) is 0 Å². The third kappa shape index (κ3) is 1.46. The standard InChI is InChI=1S/C9H16F2N2/c1-13-4-6-2-3-9(10,11)8(12)7(6)5-13/h6-8H,2-5,12H2,1H3. The Morgan fingerprint density at radius 2 is 2.08 bits per heavy atom. The molecule has 2 aliphatic rings. The molecule has 2 nitrogen and oxygen atoms in total. The topological polar surface area (TPSA) is 29.3 Å². The maximum absolute atomic E-state index is 13.2. The van der Waals surface area contributed by atoms with Crippen LogP contribution < -0.4 is 5.73 Å². The van der Waals surface area contributed by atoms with Crippen LogP contribution in [0.1, 0.15) is 12.8 Å². The van der Waals surface area contributed by atoms with Crippen LogP contribution in [0.5, 0.6) is 0 Å². The molecule has 2 fully saturated rings. The second-order valence-corrected chi connectivity index (χ2v) is 4.47. The van der Waals surface area contributed by atoms with Crippen LogP contribution in [0, 0.1) is 11.8 Å². The number of nitrogens with two attached hydrogens (primary N) is 1. The highest BCUT2D eigenvalue weighted by Gasteiger charge is 2.51. The van der Waals surface area contributed by atoms with E-state index in [1.54, 1.807) is 0 Å². The zero-order valence-electron chi connectivity index (χ0n) is 7.84. The van der Waals surface area contributed by atoms with Crippen LogP contribution >= 0.6 is 0 Å². The molecule has 0 aromatic heterocycles. The number of alkyl halides is 2. The first-order valence-electron chi connectivity index (χ1n) is 4.82. The van der Waals surface area contributed by atoms with Crippen LogP contribution in [-0.4, -0.2) is 37.0 Å². The normalized spacial score (nSPS) is 44.8. The number of hydrogen-bond acceptors (Lipinski definition) is 2. The van der Waals surface area contributed by atoms with Gasteiger partial charge >= 0.3 is 0 Å². The summed E-state index contributed by atoms with van der Waals surface area (Å²) in [4.78, 5) is 2.11. The van der Waals surface area contributed by atoms with Crippen molar-refractivity contribution in [2.75, 3.05) is 20.1 Å². The minimum absolute atomic E-state index is 0.00810. The molecular formula is C9H16F2N2. The maximum Gasteiger partial charge on any atom is 0.263 e. The van der Waals surface area contributed by atoms with Gasteiger partial charge in [-0.3, -0.25) is 0 Å². The van der Waals surface area contributed by atoms with E-state index in [2.05, 4.69) is 4.90 Å². The van der Waals surface area contributed by atoms with Gasteiger partial charge in [0.25, 0.3) is 5.92 Å². The van der Waals surface area contributed by atoms with Gasteiger partial charge in [0.05, 0.1) is 6.04 Å². The van der Waals surface area contributed by atoms with Gasteiger partial charge in [0.1, 0.15) is 0 Å². The second-order valence-electron chi connectivity index (χ2n) is 4.47. The van der Waals surface area contributed by atoms with Gasteiger partial charge in [0.2, 0.25) is 0 Å². The molecule has 1 heterocycles. The van der Waals surface area contributed by atoms with Crippen LogP contribution in [0.2, 0.25) is 0 Å². The summed E-state index contributed by atoms with van der Waals surface area (Å²) < 4.78 is 26.4. The number of fused-ring (bicyclic) bond motifs is 1. The average molecular weight is 190 g/mol. The van der Waals surface area contributed by atoms with Crippen LogP contribution in [-0.2, 0) is 0 Å². The molecule has 0 radical (unpaired) electrons. The molecule has 1 saturated heterocycles. The molecule has 4 heteroatoms. The molecule has 3 unspecified atom stereocenters. The Bertz CT molecular complexity index is 208. The molecule has 1 aliphatic carbocycles. The minimum Gasteiger partial charge on any atom is -0.322 e. The van der Waals surface area contributed by atoms with Crippen molar-refractivity contribution < 1.29 is 8.78 Å². The number of halogens is 2. The maximum atomic E-state index is 13.2. The summed E-state index contributed by atoms with van der Waals surface area (Å²) in [5.41, 5.74) is 5.58. The monoisotopic (exact) mass is 190 g/mol. The third-order valence-corrected chi connectivity index (χ3v) is 3.47. The van der Waals surface area contributed by atoms with Crippen molar-refractivity contribution in [3.05, 3.63) is 0 Å². The lowest BCUT2D eigenvalue weighted by molar-refractivity contribution is -0.0795. The van der Waals surface area contributed by atoms with Crippen molar-refractivity contribution in [3.63, 3.8) is 0 Å². The molecule has 1 aliphatic heterocycles. The summed E-state index contributed by atoms with van der Waals surface area (Å²) in [7, 11) is 1.98. The van der Waals surface area contributed by atoms with E-state index < -0.39 is 12.0 Å². The first-order chi connectivity index (χ1) is 6.00. The molecule has 0 aromatic rings. The molecule has 2 N–H and O–H groups in total. The van der Waals surface area contributed by atoms with E-state index in [1.807, 2.05) is 7.05 Å². The van der Waals surface area contributed by atoms with Crippen molar-refractivity contribution >= 4 is 0 Å². The Kier molecular flexibility index (Phi) is 2.07. The molecule has 3 atom stereocenters. The lowest BCUT2D eigenvalue weighted by Gasteiger charge is -2.36. The zero-order valence-corrected chi connectivity index (χ0v) is 7.84. The molecule has 0 aromatic carbocycles. The smallest absolute Gasteiger partial charge is 0.263 e. The SMILES string of the molecule is CN1CC2CCC(F)(F)C(N)C2C1. The van der Waals surface area contributed by atoms with Gasteiger partial charge < -0.3 is 10.6 Å². The van der Waals surface area contributed by atoms with Crippen LogP contribution in [0.25, 0.3) is 0 Å². The quantitative estimate of drug-likeness (QED) is 0.615. The summed E-state index contributed by atoms with van der Waals surface area (Å²) in [6.45, 7) is 1.68. The second kappa shape index (κ2) is 2.89. The van der Waals surface area contributed by atoms with E-state index in [-0.39, 0.29) is 12.3 Å². The van der Waals surface area contributed by atoms with Gasteiger partial charge in [0.15, 0.2) is 0 Å². The first-order valence-corrected chi connectivity index (χ1v) is 4.82. The average Bonchev–Trinajstić information content (AvgIpc) is 2.40. The van der Waals surface area contributed by atoms with Gasteiger partial charge in [-0.25, -0.2) is 8.78 Å². The van der Waals surface area contributed by atoms with E-state index in [9.17, 15) is 8.78 Å². The predicted octanol–water partition coefficient (Wildman–Crippen LogP) is 0.921. The minimum atomic E-state index is -2.63. The van der Waals surface area contributed by atoms with Gasteiger partial charge in [-0.1, -0.05) is 0 Å². The van der Waals surface area contributed by atoms with Crippen molar-refractivity contribution in [2.45, 2.75) is 24.8 Å². The molecular weight excluding hydrogens is 174 g/mol. The number of nitrogens with zero attached hydrogens (tertiary/aromatic N) is 1. The van der Waals surface area contributed by atoms with Crippen LogP contribution in [0.15, 0.2) is 0 Å². The fourth-order valence-electron chi connectivity index (χ4n) is 2.69. The molecule has 0 amide bonds. The highest BCUT2D eigenvalue weighted by molar-refractivity contribution is 4.99. The van der Waals surface area contributed by atoms with E-state index in [1.165, 1.54) is 0 Å². The highest BCUT2D eigenvalue weighted by Crippen LogP contribution is 2.42. The Hall–Kier alpha value is -0.220. The molecule has 76 valence electrons. The van der Waals surface area contributed by atoms with Gasteiger partial charge in [-0.15, -0.1) is 0 Å².